The van der Waals surface area contributed by atoms with Gasteiger partial charge in [0.15, 0.2) is 0 Å². The third kappa shape index (κ3) is 4.44. The van der Waals surface area contributed by atoms with Gasteiger partial charge in [0.25, 0.3) is 0 Å². The summed E-state index contributed by atoms with van der Waals surface area (Å²) in [5, 5.41) is 0. The van der Waals surface area contributed by atoms with Gasteiger partial charge in [-0.1, -0.05) is 24.3 Å². The summed E-state index contributed by atoms with van der Waals surface area (Å²) >= 11 is 0. The smallest absolute Gasteiger partial charge is 0.245 e. The van der Waals surface area contributed by atoms with Gasteiger partial charge in [0.2, 0.25) is 5.91 Å². The molecule has 1 fully saturated rings. The van der Waals surface area contributed by atoms with Crippen LogP contribution in [0.4, 0.5) is 0 Å². The topological polar surface area (TPSA) is 50.6 Å². The van der Waals surface area contributed by atoms with Crippen molar-refractivity contribution in [2.75, 3.05) is 27.2 Å². The van der Waals surface area contributed by atoms with Crippen LogP contribution in [0.3, 0.4) is 0 Å². The fourth-order valence-electron chi connectivity index (χ4n) is 4.63. The number of imidazole rings is 1. The zero-order valence-corrected chi connectivity index (χ0v) is 18.9. The number of methoxy groups -OCH3 is 1. The summed E-state index contributed by atoms with van der Waals surface area (Å²) in [6.07, 6.45) is 1.99. The number of ether oxygens (including phenoxy) is 1. The summed E-state index contributed by atoms with van der Waals surface area (Å²) in [4.78, 5) is 23.0. The molecule has 0 spiro atoms. The van der Waals surface area contributed by atoms with Gasteiger partial charge in [-0.05, 0) is 76.7 Å². The molecule has 1 unspecified atom stereocenters. The Morgan fingerprint density at radius 2 is 1.84 bits per heavy atom. The standard InChI is InChI=1S/C25H32N4O2/c1-18(29-19(2)26-23-7-5-6-8-24(23)29)25(30)28(21-13-15-27(3)16-14-21)17-20-9-11-22(31-4)12-10-20/h5-12,18,21H,13-17H2,1-4H3. The Bertz CT molecular complexity index is 1040. The number of piperidine rings is 1. The molecule has 31 heavy (non-hydrogen) atoms. The lowest BCUT2D eigenvalue weighted by molar-refractivity contribution is -0.138. The molecule has 6 heteroatoms. The van der Waals surface area contributed by atoms with Crippen molar-refractivity contribution in [3.05, 3.63) is 59.9 Å². The average molecular weight is 421 g/mol. The highest BCUT2D eigenvalue weighted by Gasteiger charge is 2.31. The summed E-state index contributed by atoms with van der Waals surface area (Å²) in [6.45, 7) is 6.61. The van der Waals surface area contributed by atoms with Crippen LogP contribution in [0.15, 0.2) is 48.5 Å². The van der Waals surface area contributed by atoms with Crippen molar-refractivity contribution in [2.24, 2.45) is 0 Å². The van der Waals surface area contributed by atoms with E-state index in [0.717, 1.165) is 54.1 Å². The molecule has 2 aromatic carbocycles. The summed E-state index contributed by atoms with van der Waals surface area (Å²) in [5.41, 5.74) is 3.06. The van der Waals surface area contributed by atoms with E-state index >= 15 is 0 Å². The summed E-state index contributed by atoms with van der Waals surface area (Å²) < 4.78 is 7.37. The van der Waals surface area contributed by atoms with Crippen LogP contribution in [0, 0.1) is 6.92 Å². The highest BCUT2D eigenvalue weighted by molar-refractivity contribution is 5.84. The molecule has 0 saturated carbocycles. The lowest BCUT2D eigenvalue weighted by atomic mass is 10.0. The largest absolute Gasteiger partial charge is 0.497 e. The number of likely N-dealkylation sites (tertiary alicyclic amines) is 1. The maximum Gasteiger partial charge on any atom is 0.245 e. The van der Waals surface area contributed by atoms with Gasteiger partial charge in [0.1, 0.15) is 17.6 Å². The minimum atomic E-state index is -0.315. The zero-order chi connectivity index (χ0) is 22.0. The molecule has 4 rings (SSSR count). The Kier molecular flexibility index (Phi) is 6.28. The second-order valence-electron chi connectivity index (χ2n) is 8.54. The van der Waals surface area contributed by atoms with Crippen LogP contribution < -0.4 is 4.74 Å². The molecule has 3 aromatic rings. The number of hydrogen-bond donors (Lipinski definition) is 0. The van der Waals surface area contributed by atoms with Gasteiger partial charge in [-0.25, -0.2) is 4.98 Å². The first-order valence-corrected chi connectivity index (χ1v) is 11.0. The zero-order valence-electron chi connectivity index (χ0n) is 18.9. The van der Waals surface area contributed by atoms with Gasteiger partial charge in [0, 0.05) is 12.6 Å². The number of fused-ring (bicyclic) bond motifs is 1. The molecular weight excluding hydrogens is 388 g/mol. The molecule has 6 nitrogen and oxygen atoms in total. The van der Waals surface area contributed by atoms with E-state index in [4.69, 9.17) is 4.74 Å². The number of aromatic nitrogens is 2. The van der Waals surface area contributed by atoms with E-state index < -0.39 is 0 Å². The Balaban J connectivity index is 1.64. The molecule has 1 aliphatic rings. The minimum absolute atomic E-state index is 0.150. The second-order valence-corrected chi connectivity index (χ2v) is 8.54. The van der Waals surface area contributed by atoms with Crippen LogP contribution in [0.2, 0.25) is 0 Å². The molecule has 0 N–H and O–H groups in total. The summed E-state index contributed by atoms with van der Waals surface area (Å²) in [6, 6.07) is 16.0. The molecule has 1 aromatic heterocycles. The predicted octanol–water partition coefficient (Wildman–Crippen LogP) is 4.04. The van der Waals surface area contributed by atoms with Crippen LogP contribution in [0.1, 0.15) is 37.2 Å². The normalized spacial score (nSPS) is 16.4. The molecule has 1 atom stereocenters. The van der Waals surface area contributed by atoms with Crippen LogP contribution >= 0.6 is 0 Å². The monoisotopic (exact) mass is 420 g/mol. The summed E-state index contributed by atoms with van der Waals surface area (Å²) in [5.74, 6) is 1.85. The highest BCUT2D eigenvalue weighted by atomic mass is 16.5. The number of aryl methyl sites for hydroxylation is 1. The first-order valence-electron chi connectivity index (χ1n) is 11.0. The van der Waals surface area contributed by atoms with Crippen LogP contribution in [-0.2, 0) is 11.3 Å². The number of carbonyl (C=O) groups is 1. The molecule has 2 heterocycles. The average Bonchev–Trinajstić information content (AvgIpc) is 3.13. The van der Waals surface area contributed by atoms with E-state index in [1.165, 1.54) is 0 Å². The van der Waals surface area contributed by atoms with E-state index in [1.54, 1.807) is 7.11 Å². The number of amides is 1. The van der Waals surface area contributed by atoms with Gasteiger partial charge in [-0.15, -0.1) is 0 Å². The lowest BCUT2D eigenvalue weighted by Gasteiger charge is -2.39. The first kappa shape index (κ1) is 21.4. The number of benzene rings is 2. The van der Waals surface area contributed by atoms with Crippen LogP contribution in [-0.4, -0.2) is 58.5 Å². The molecule has 0 radical (unpaired) electrons. The fraction of sp³-hybridized carbons (Fsp3) is 0.440. The van der Waals surface area contributed by atoms with Crippen molar-refractivity contribution >= 4 is 16.9 Å². The first-order chi connectivity index (χ1) is 15.0. The molecule has 1 amide bonds. The van der Waals surface area contributed by atoms with Crippen molar-refractivity contribution in [1.29, 1.82) is 0 Å². The molecule has 0 bridgehead atoms. The quantitative estimate of drug-likeness (QED) is 0.604. The molecule has 0 aliphatic carbocycles. The van der Waals surface area contributed by atoms with Gasteiger partial charge < -0.3 is 19.1 Å². The lowest BCUT2D eigenvalue weighted by Crippen LogP contribution is -2.48. The highest BCUT2D eigenvalue weighted by Crippen LogP contribution is 2.26. The Morgan fingerprint density at radius 1 is 1.16 bits per heavy atom. The Labute approximate surface area is 184 Å². The van der Waals surface area contributed by atoms with Gasteiger partial charge in [-0.3, -0.25) is 4.79 Å². The molecule has 164 valence electrons. The van der Waals surface area contributed by atoms with Crippen molar-refractivity contribution in [3.8, 4) is 5.75 Å². The van der Waals surface area contributed by atoms with E-state index in [0.29, 0.717) is 6.54 Å². The maximum absolute atomic E-state index is 13.9. The maximum atomic E-state index is 13.9. The number of para-hydroxylation sites is 2. The van der Waals surface area contributed by atoms with Crippen LogP contribution in [0.25, 0.3) is 11.0 Å². The number of carbonyl (C=O) groups excluding carboxylic acids is 1. The molecular formula is C25H32N4O2. The SMILES string of the molecule is COc1ccc(CN(C(=O)C(C)n2c(C)nc3ccccc32)C2CCN(C)CC2)cc1. The van der Waals surface area contributed by atoms with Gasteiger partial charge >= 0.3 is 0 Å². The van der Waals surface area contributed by atoms with Gasteiger partial charge in [0.05, 0.1) is 18.1 Å². The predicted molar refractivity (Wildman–Crippen MR) is 123 cm³/mol. The van der Waals surface area contributed by atoms with E-state index in [2.05, 4.69) is 38.5 Å². The minimum Gasteiger partial charge on any atom is -0.497 e. The number of hydrogen-bond acceptors (Lipinski definition) is 4. The summed E-state index contributed by atoms with van der Waals surface area (Å²) in [7, 11) is 3.82. The second kappa shape index (κ2) is 9.10. The van der Waals surface area contributed by atoms with Crippen molar-refractivity contribution < 1.29 is 9.53 Å². The Hall–Kier alpha value is -2.86. The van der Waals surface area contributed by atoms with E-state index in [-0.39, 0.29) is 18.0 Å². The van der Waals surface area contributed by atoms with Crippen molar-refractivity contribution in [2.45, 2.75) is 45.3 Å². The molecule has 1 saturated heterocycles. The van der Waals surface area contributed by atoms with E-state index in [9.17, 15) is 4.79 Å². The number of nitrogens with zero attached hydrogens (tertiary/aromatic N) is 4. The van der Waals surface area contributed by atoms with E-state index in [1.807, 2.05) is 50.2 Å². The van der Waals surface area contributed by atoms with Gasteiger partial charge in [-0.2, -0.15) is 0 Å². The van der Waals surface area contributed by atoms with Crippen molar-refractivity contribution in [1.82, 2.24) is 19.4 Å². The molecule has 1 aliphatic heterocycles. The van der Waals surface area contributed by atoms with Crippen molar-refractivity contribution in [3.63, 3.8) is 0 Å². The third-order valence-electron chi connectivity index (χ3n) is 6.44. The third-order valence-corrected chi connectivity index (χ3v) is 6.44. The Morgan fingerprint density at radius 3 is 2.52 bits per heavy atom. The van der Waals surface area contributed by atoms with Crippen LogP contribution in [0.5, 0.6) is 5.75 Å². The number of rotatable bonds is 6. The fourth-order valence-corrected chi connectivity index (χ4v) is 4.63.